The SMILES string of the molecule is O=C(NC(NC(=S)Nc1ccc([N+](=O)[O-])cc1)C(Cl)(Cl)Cl)c1ccc(I)cc1. The molecule has 0 aliphatic carbocycles. The largest absolute Gasteiger partial charge is 0.339 e. The van der Waals surface area contributed by atoms with Crippen molar-refractivity contribution in [2.75, 3.05) is 5.32 Å². The lowest BCUT2D eigenvalue weighted by molar-refractivity contribution is -0.384. The highest BCUT2D eigenvalue weighted by atomic mass is 127. The maximum atomic E-state index is 12.4. The molecule has 0 saturated carbocycles. The highest BCUT2D eigenvalue weighted by Gasteiger charge is 2.34. The van der Waals surface area contributed by atoms with Gasteiger partial charge in [-0.3, -0.25) is 14.9 Å². The quantitative estimate of drug-likeness (QED) is 0.121. The van der Waals surface area contributed by atoms with E-state index in [-0.39, 0.29) is 10.8 Å². The van der Waals surface area contributed by atoms with Gasteiger partial charge >= 0.3 is 0 Å². The number of rotatable bonds is 5. The zero-order chi connectivity index (χ0) is 20.9. The van der Waals surface area contributed by atoms with Gasteiger partial charge in [0, 0.05) is 27.0 Å². The van der Waals surface area contributed by atoms with Crippen LogP contribution in [0.1, 0.15) is 10.4 Å². The molecule has 28 heavy (non-hydrogen) atoms. The Bertz CT molecular complexity index is 876. The van der Waals surface area contributed by atoms with E-state index in [0.29, 0.717) is 11.3 Å². The Labute approximate surface area is 194 Å². The number of non-ortho nitro benzene ring substituents is 1. The smallest absolute Gasteiger partial charge is 0.269 e. The van der Waals surface area contributed by atoms with Crippen molar-refractivity contribution in [2.45, 2.75) is 9.96 Å². The van der Waals surface area contributed by atoms with Crippen LogP contribution in [0.25, 0.3) is 0 Å². The van der Waals surface area contributed by atoms with Gasteiger partial charge in [0.05, 0.1) is 4.92 Å². The number of nitrogens with zero attached hydrogens (tertiary/aromatic N) is 1. The molecule has 0 bridgehead atoms. The van der Waals surface area contributed by atoms with Crippen LogP contribution in [0.15, 0.2) is 48.5 Å². The molecule has 0 fully saturated rings. The van der Waals surface area contributed by atoms with Crippen molar-refractivity contribution in [2.24, 2.45) is 0 Å². The summed E-state index contributed by atoms with van der Waals surface area (Å²) in [6.45, 7) is 0. The fourth-order valence-electron chi connectivity index (χ4n) is 1.98. The average molecular weight is 574 g/mol. The number of halogens is 4. The standard InChI is InChI=1S/C16H12Cl3IN4O3S/c17-16(18,19)14(22-13(25)9-1-3-10(20)4-2-9)23-15(28)21-11-5-7-12(8-6-11)24(26)27/h1-8,14H,(H,22,25)(H2,21,23,28). The molecule has 0 heterocycles. The third kappa shape index (κ3) is 6.89. The van der Waals surface area contributed by atoms with Crippen LogP contribution in [0.4, 0.5) is 11.4 Å². The average Bonchev–Trinajstić information content (AvgIpc) is 2.61. The Hall–Kier alpha value is -1.40. The van der Waals surface area contributed by atoms with Crippen LogP contribution in [0, 0.1) is 13.7 Å². The molecule has 12 heteroatoms. The number of nitro groups is 1. The van der Waals surface area contributed by atoms with Gasteiger partial charge in [-0.15, -0.1) is 0 Å². The number of hydrogen-bond acceptors (Lipinski definition) is 4. The van der Waals surface area contributed by atoms with Crippen LogP contribution >= 0.6 is 69.6 Å². The number of nitro benzene ring substituents is 1. The number of thiocarbonyl (C=S) groups is 1. The van der Waals surface area contributed by atoms with E-state index in [1.165, 1.54) is 24.3 Å². The first-order valence-electron chi connectivity index (χ1n) is 7.51. The minimum atomic E-state index is -1.90. The number of carbonyl (C=O) groups is 1. The van der Waals surface area contributed by atoms with Gasteiger partial charge < -0.3 is 16.0 Å². The highest BCUT2D eigenvalue weighted by molar-refractivity contribution is 14.1. The molecule has 1 unspecified atom stereocenters. The summed E-state index contributed by atoms with van der Waals surface area (Å²) < 4.78 is -0.932. The number of amides is 1. The molecule has 0 aromatic heterocycles. The first-order chi connectivity index (χ1) is 13.1. The van der Waals surface area contributed by atoms with E-state index in [1.807, 2.05) is 0 Å². The normalized spacial score (nSPS) is 12.0. The molecule has 0 spiro atoms. The zero-order valence-electron chi connectivity index (χ0n) is 13.8. The Morgan fingerprint density at radius 1 is 1.07 bits per heavy atom. The van der Waals surface area contributed by atoms with Crippen LogP contribution < -0.4 is 16.0 Å². The molecule has 0 aliphatic rings. The van der Waals surface area contributed by atoms with Gasteiger partial charge in [-0.05, 0) is 71.2 Å². The lowest BCUT2D eigenvalue weighted by Crippen LogP contribution is -2.56. The van der Waals surface area contributed by atoms with Crippen LogP contribution in [0.5, 0.6) is 0 Å². The Balaban J connectivity index is 2.04. The van der Waals surface area contributed by atoms with Crippen LogP contribution in [0.2, 0.25) is 0 Å². The fourth-order valence-corrected chi connectivity index (χ4v) is 2.90. The Morgan fingerprint density at radius 3 is 2.14 bits per heavy atom. The molecule has 148 valence electrons. The summed E-state index contributed by atoms with van der Waals surface area (Å²) in [6.07, 6.45) is -1.14. The van der Waals surface area contributed by atoms with Gasteiger partial charge in [0.15, 0.2) is 5.11 Å². The van der Waals surface area contributed by atoms with Gasteiger partial charge in [-0.1, -0.05) is 34.8 Å². The molecule has 7 nitrogen and oxygen atoms in total. The minimum Gasteiger partial charge on any atom is -0.339 e. The summed E-state index contributed by atoms with van der Waals surface area (Å²) in [5.74, 6) is -0.460. The van der Waals surface area contributed by atoms with E-state index in [0.717, 1.165) is 3.57 Å². The van der Waals surface area contributed by atoms with Gasteiger partial charge in [0.1, 0.15) is 6.17 Å². The number of benzene rings is 2. The molecule has 2 aromatic carbocycles. The van der Waals surface area contributed by atoms with Crippen LogP contribution in [-0.4, -0.2) is 25.9 Å². The maximum Gasteiger partial charge on any atom is 0.269 e. The molecule has 3 N–H and O–H groups in total. The topological polar surface area (TPSA) is 96.3 Å². The van der Waals surface area contributed by atoms with Crippen molar-refractivity contribution in [3.8, 4) is 0 Å². The molecular formula is C16H12Cl3IN4O3S. The van der Waals surface area contributed by atoms with Crippen molar-refractivity contribution in [1.82, 2.24) is 10.6 Å². The molecular weight excluding hydrogens is 562 g/mol. The predicted molar refractivity (Wildman–Crippen MR) is 123 cm³/mol. The predicted octanol–water partition coefficient (Wildman–Crippen LogP) is 4.61. The van der Waals surface area contributed by atoms with E-state index in [2.05, 4.69) is 38.5 Å². The van der Waals surface area contributed by atoms with Crippen LogP contribution in [-0.2, 0) is 0 Å². The molecule has 1 amide bonds. The van der Waals surface area contributed by atoms with Crippen molar-refractivity contribution in [1.29, 1.82) is 0 Å². The number of nitrogens with one attached hydrogen (secondary N) is 3. The number of anilines is 1. The highest BCUT2D eigenvalue weighted by Crippen LogP contribution is 2.29. The van der Waals surface area contributed by atoms with Crippen molar-refractivity contribution < 1.29 is 9.72 Å². The van der Waals surface area contributed by atoms with E-state index in [4.69, 9.17) is 47.0 Å². The van der Waals surface area contributed by atoms with Gasteiger partial charge in [0.25, 0.3) is 11.6 Å². The first-order valence-corrected chi connectivity index (χ1v) is 10.1. The van der Waals surface area contributed by atoms with Crippen molar-refractivity contribution in [3.63, 3.8) is 0 Å². The van der Waals surface area contributed by atoms with E-state index in [1.54, 1.807) is 24.3 Å². The summed E-state index contributed by atoms with van der Waals surface area (Å²) in [5, 5.41) is 18.8. The van der Waals surface area contributed by atoms with Gasteiger partial charge in [0.2, 0.25) is 3.79 Å². The lowest BCUT2D eigenvalue weighted by Gasteiger charge is -2.27. The summed E-state index contributed by atoms with van der Waals surface area (Å²) in [4.78, 5) is 22.6. The lowest BCUT2D eigenvalue weighted by atomic mass is 10.2. The monoisotopic (exact) mass is 572 g/mol. The van der Waals surface area contributed by atoms with E-state index < -0.39 is 20.8 Å². The summed E-state index contributed by atoms with van der Waals surface area (Å²) in [7, 11) is 0. The summed E-state index contributed by atoms with van der Waals surface area (Å²) >= 11 is 25.1. The van der Waals surface area contributed by atoms with Gasteiger partial charge in [-0.2, -0.15) is 0 Å². The van der Waals surface area contributed by atoms with Crippen molar-refractivity contribution >= 4 is 92.0 Å². The van der Waals surface area contributed by atoms with E-state index in [9.17, 15) is 14.9 Å². The molecule has 1 atom stereocenters. The summed E-state index contributed by atoms with van der Waals surface area (Å²) in [5.41, 5.74) is 0.805. The second kappa shape index (κ2) is 9.88. The summed E-state index contributed by atoms with van der Waals surface area (Å²) in [6, 6.07) is 12.4. The Morgan fingerprint density at radius 2 is 1.64 bits per heavy atom. The Kier molecular flexibility index (Phi) is 8.07. The van der Waals surface area contributed by atoms with Crippen LogP contribution in [0.3, 0.4) is 0 Å². The maximum absolute atomic E-state index is 12.4. The second-order valence-corrected chi connectivity index (χ2v) is 9.38. The molecule has 2 rings (SSSR count). The molecule has 0 aliphatic heterocycles. The molecule has 2 aromatic rings. The zero-order valence-corrected chi connectivity index (χ0v) is 19.0. The number of carbonyl (C=O) groups excluding carboxylic acids is 1. The van der Waals surface area contributed by atoms with E-state index >= 15 is 0 Å². The number of hydrogen-bond donors (Lipinski definition) is 3. The second-order valence-electron chi connectivity index (χ2n) is 5.36. The third-order valence-electron chi connectivity index (χ3n) is 3.32. The first kappa shape index (κ1) is 22.9. The fraction of sp³-hybridized carbons (Fsp3) is 0.125. The minimum absolute atomic E-state index is 0.0492. The van der Waals surface area contributed by atoms with Crippen molar-refractivity contribution in [3.05, 3.63) is 67.8 Å². The molecule has 0 saturated heterocycles. The molecule has 0 radical (unpaired) electrons. The third-order valence-corrected chi connectivity index (χ3v) is 4.91. The van der Waals surface area contributed by atoms with Gasteiger partial charge in [-0.25, -0.2) is 0 Å². The number of alkyl halides is 3.